The van der Waals surface area contributed by atoms with E-state index in [9.17, 15) is 0 Å². The number of nitrogens with one attached hydrogen (secondary N) is 2. The molecule has 2 aromatic heterocycles. The maximum Gasteiger partial charge on any atom is 0.153 e. The van der Waals surface area contributed by atoms with Gasteiger partial charge in [0.1, 0.15) is 0 Å². The van der Waals surface area contributed by atoms with Crippen LogP contribution in [0.1, 0.15) is 68.5 Å². The van der Waals surface area contributed by atoms with Crippen LogP contribution >= 0.6 is 0 Å². The topological polar surface area (TPSA) is 83.4 Å². The lowest BCUT2D eigenvalue weighted by Crippen LogP contribution is -2.15. The number of anilines is 1. The van der Waals surface area contributed by atoms with Gasteiger partial charge in [0.05, 0.1) is 16.7 Å². The molecule has 0 saturated heterocycles. The Labute approximate surface area is 165 Å². The van der Waals surface area contributed by atoms with Crippen molar-refractivity contribution in [2.45, 2.75) is 59.3 Å². The molecular weight excluding hydrogens is 346 g/mol. The Kier molecular flexibility index (Phi) is 4.21. The van der Waals surface area contributed by atoms with E-state index >= 15 is 0 Å². The van der Waals surface area contributed by atoms with E-state index in [-0.39, 0.29) is 5.41 Å². The van der Waals surface area contributed by atoms with Crippen molar-refractivity contribution < 1.29 is 0 Å². The average Bonchev–Trinajstić information content (AvgIpc) is 3.18. The van der Waals surface area contributed by atoms with Gasteiger partial charge in [-0.3, -0.25) is 10.2 Å². The van der Waals surface area contributed by atoms with Gasteiger partial charge in [-0.2, -0.15) is 10.2 Å². The van der Waals surface area contributed by atoms with Crippen molar-refractivity contribution in [3.8, 4) is 0 Å². The molecule has 2 heterocycles. The summed E-state index contributed by atoms with van der Waals surface area (Å²) in [5.41, 5.74) is 14.4. The van der Waals surface area contributed by atoms with E-state index in [1.165, 1.54) is 27.6 Å². The first-order chi connectivity index (χ1) is 13.2. The molecule has 4 rings (SSSR count). The summed E-state index contributed by atoms with van der Waals surface area (Å²) in [5, 5.41) is 17.7. The van der Waals surface area contributed by atoms with Crippen molar-refractivity contribution >= 4 is 27.6 Å². The zero-order valence-electron chi connectivity index (χ0n) is 17.6. The fourth-order valence-electron chi connectivity index (χ4n) is 4.51. The molecule has 0 spiro atoms. The molecule has 28 heavy (non-hydrogen) atoms. The molecular formula is C23H29N5. The van der Waals surface area contributed by atoms with Crippen LogP contribution in [0.2, 0.25) is 0 Å². The highest BCUT2D eigenvalue weighted by atomic mass is 15.2. The molecule has 0 amide bonds. The van der Waals surface area contributed by atoms with Gasteiger partial charge in [-0.25, -0.2) is 0 Å². The first kappa shape index (κ1) is 18.5. The Balaban J connectivity index is 1.92. The van der Waals surface area contributed by atoms with Gasteiger partial charge in [-0.1, -0.05) is 52.8 Å². The van der Waals surface area contributed by atoms with E-state index < -0.39 is 0 Å². The second-order valence-electron chi connectivity index (χ2n) is 9.11. The van der Waals surface area contributed by atoms with E-state index in [2.05, 4.69) is 86.2 Å². The number of hydrogen-bond acceptors (Lipinski definition) is 3. The Bertz CT molecular complexity index is 1170. The number of aromatic nitrogens is 4. The van der Waals surface area contributed by atoms with Crippen molar-refractivity contribution in [2.75, 3.05) is 5.73 Å². The third-order valence-electron chi connectivity index (χ3n) is 5.58. The fraction of sp³-hybridized carbons (Fsp3) is 0.391. The molecule has 0 saturated carbocycles. The summed E-state index contributed by atoms with van der Waals surface area (Å²) in [5.74, 6) is 1.01. The van der Waals surface area contributed by atoms with Gasteiger partial charge in [0.15, 0.2) is 5.82 Å². The third kappa shape index (κ3) is 2.86. The first-order valence-electron chi connectivity index (χ1n) is 9.90. The Morgan fingerprint density at radius 1 is 1.07 bits per heavy atom. The quantitative estimate of drug-likeness (QED) is 0.452. The van der Waals surface area contributed by atoms with Gasteiger partial charge in [0.2, 0.25) is 0 Å². The molecule has 4 aromatic rings. The highest BCUT2D eigenvalue weighted by molar-refractivity contribution is 5.96. The summed E-state index contributed by atoms with van der Waals surface area (Å²) >= 11 is 0. The van der Waals surface area contributed by atoms with Gasteiger partial charge in [-0.15, -0.1) is 0 Å². The summed E-state index contributed by atoms with van der Waals surface area (Å²) in [4.78, 5) is 0. The molecule has 0 fully saturated rings. The summed E-state index contributed by atoms with van der Waals surface area (Å²) in [7, 11) is 0. The van der Waals surface area contributed by atoms with E-state index in [4.69, 9.17) is 5.73 Å². The second kappa shape index (κ2) is 6.36. The molecule has 4 N–H and O–H groups in total. The number of benzene rings is 2. The number of nitrogen functional groups attached to an aromatic ring is 1. The zero-order valence-corrected chi connectivity index (χ0v) is 17.6. The van der Waals surface area contributed by atoms with Crippen LogP contribution in [0.4, 0.5) is 5.82 Å². The fourth-order valence-corrected chi connectivity index (χ4v) is 4.51. The lowest BCUT2D eigenvalue weighted by Gasteiger charge is -2.24. The van der Waals surface area contributed by atoms with Crippen LogP contribution in [0, 0.1) is 6.92 Å². The van der Waals surface area contributed by atoms with Crippen LogP contribution in [0.3, 0.4) is 0 Å². The number of nitrogens with zero attached hydrogens (tertiary/aromatic N) is 2. The largest absolute Gasteiger partial charge is 0.382 e. The van der Waals surface area contributed by atoms with Crippen LogP contribution < -0.4 is 5.73 Å². The molecule has 0 aliphatic rings. The Morgan fingerprint density at radius 2 is 1.82 bits per heavy atom. The minimum Gasteiger partial charge on any atom is -0.382 e. The van der Waals surface area contributed by atoms with Crippen LogP contribution in [0.25, 0.3) is 21.8 Å². The van der Waals surface area contributed by atoms with Crippen LogP contribution in [0.5, 0.6) is 0 Å². The maximum atomic E-state index is 6.28. The molecule has 2 aromatic carbocycles. The molecule has 0 aliphatic heterocycles. The lowest BCUT2D eigenvalue weighted by molar-refractivity contribution is 0.592. The second-order valence-corrected chi connectivity index (χ2v) is 9.11. The number of nitrogens with two attached hydrogens (primary N) is 1. The standard InChI is InChI=1S/C23H29N5/c1-12(2)15-8-7-9-16-18(15)17(26-25-16)11-14-10-13(3)20(23(4,5)6)19-21(14)27-28-22(19)24/h7-10,12H,11H2,1-6H3,(H,25,26)(H3,24,27,28). The normalized spacial score (nSPS) is 12.5. The smallest absolute Gasteiger partial charge is 0.153 e. The summed E-state index contributed by atoms with van der Waals surface area (Å²) < 4.78 is 0. The summed E-state index contributed by atoms with van der Waals surface area (Å²) in [6.45, 7) is 13.3. The van der Waals surface area contributed by atoms with Crippen molar-refractivity contribution in [2.24, 2.45) is 0 Å². The maximum absolute atomic E-state index is 6.28. The molecule has 0 atom stereocenters. The van der Waals surface area contributed by atoms with Gasteiger partial charge in [0.25, 0.3) is 0 Å². The van der Waals surface area contributed by atoms with Crippen LogP contribution in [-0.4, -0.2) is 20.4 Å². The molecule has 5 nitrogen and oxygen atoms in total. The lowest BCUT2D eigenvalue weighted by atomic mass is 9.80. The van der Waals surface area contributed by atoms with Crippen LogP contribution in [-0.2, 0) is 11.8 Å². The molecule has 146 valence electrons. The molecule has 0 bridgehead atoms. The first-order valence-corrected chi connectivity index (χ1v) is 9.90. The molecule has 0 aliphatic carbocycles. The number of H-pyrrole nitrogens is 2. The summed E-state index contributed by atoms with van der Waals surface area (Å²) in [6.07, 6.45) is 0.729. The number of aromatic amines is 2. The monoisotopic (exact) mass is 375 g/mol. The predicted octanol–water partition coefficient (Wildman–Crippen LogP) is 5.34. The van der Waals surface area contributed by atoms with Crippen molar-refractivity contribution in [1.82, 2.24) is 20.4 Å². The average molecular weight is 376 g/mol. The van der Waals surface area contributed by atoms with Gasteiger partial charge >= 0.3 is 0 Å². The SMILES string of the molecule is Cc1cc(Cc2n[nH]c3cccc(C(C)C)c23)c2[nH]nc(N)c2c1C(C)(C)C. The minimum absolute atomic E-state index is 0.0112. The van der Waals surface area contributed by atoms with Crippen molar-refractivity contribution in [3.63, 3.8) is 0 Å². The van der Waals surface area contributed by atoms with Gasteiger partial charge in [-0.05, 0) is 46.6 Å². The highest BCUT2D eigenvalue weighted by Gasteiger charge is 2.25. The molecule has 0 unspecified atom stereocenters. The Morgan fingerprint density at radius 3 is 2.50 bits per heavy atom. The number of aryl methyl sites for hydroxylation is 1. The van der Waals surface area contributed by atoms with Gasteiger partial charge in [0, 0.05) is 17.2 Å². The number of hydrogen-bond donors (Lipinski definition) is 3. The highest BCUT2D eigenvalue weighted by Crippen LogP contribution is 2.38. The molecule has 5 heteroatoms. The van der Waals surface area contributed by atoms with E-state index in [1.54, 1.807) is 0 Å². The van der Waals surface area contributed by atoms with Crippen LogP contribution in [0.15, 0.2) is 24.3 Å². The third-order valence-corrected chi connectivity index (χ3v) is 5.58. The van der Waals surface area contributed by atoms with Crippen molar-refractivity contribution in [1.29, 1.82) is 0 Å². The van der Waals surface area contributed by atoms with Crippen molar-refractivity contribution in [3.05, 3.63) is 52.2 Å². The van der Waals surface area contributed by atoms with E-state index in [1.807, 2.05) is 0 Å². The minimum atomic E-state index is -0.0112. The number of rotatable bonds is 3. The summed E-state index contributed by atoms with van der Waals surface area (Å²) in [6, 6.07) is 8.65. The molecule has 0 radical (unpaired) electrons. The number of fused-ring (bicyclic) bond motifs is 2. The van der Waals surface area contributed by atoms with Gasteiger partial charge < -0.3 is 5.73 Å². The predicted molar refractivity (Wildman–Crippen MR) is 117 cm³/mol. The Hall–Kier alpha value is -2.82. The van der Waals surface area contributed by atoms with E-state index in [0.717, 1.165) is 28.5 Å². The van der Waals surface area contributed by atoms with E-state index in [0.29, 0.717) is 11.7 Å². The zero-order chi connectivity index (χ0) is 20.2.